The number of nitro benzene ring substituents is 1. The quantitative estimate of drug-likeness (QED) is 0.619. The topological polar surface area (TPSA) is 46.4 Å². The second-order valence-electron chi connectivity index (χ2n) is 6.12. The van der Waals surface area contributed by atoms with Crippen LogP contribution >= 0.6 is 0 Å². The molecule has 0 amide bonds. The van der Waals surface area contributed by atoms with Crippen molar-refractivity contribution < 1.29 is 4.92 Å². The van der Waals surface area contributed by atoms with Gasteiger partial charge in [-0.05, 0) is 43.2 Å². The molecule has 108 valence electrons. The van der Waals surface area contributed by atoms with Crippen molar-refractivity contribution in [2.75, 3.05) is 18.0 Å². The SMILES string of the molecule is O=[N+]([O-])c1ccc2c(c1)CCCN2CC1CCCCC1. The summed E-state index contributed by atoms with van der Waals surface area (Å²) in [6.45, 7) is 2.23. The van der Waals surface area contributed by atoms with E-state index in [2.05, 4.69) is 4.90 Å². The smallest absolute Gasteiger partial charge is 0.269 e. The molecule has 1 saturated carbocycles. The number of nitrogens with zero attached hydrogens (tertiary/aromatic N) is 2. The standard InChI is InChI=1S/C16H22N2O2/c19-18(20)15-8-9-16-14(11-15)7-4-10-17(16)12-13-5-2-1-3-6-13/h8-9,11,13H,1-7,10,12H2. The van der Waals surface area contributed by atoms with Crippen molar-refractivity contribution in [3.05, 3.63) is 33.9 Å². The van der Waals surface area contributed by atoms with E-state index in [-0.39, 0.29) is 10.6 Å². The van der Waals surface area contributed by atoms with Crippen molar-refractivity contribution in [2.24, 2.45) is 5.92 Å². The molecule has 1 aliphatic heterocycles. The molecule has 0 N–H and O–H groups in total. The van der Waals surface area contributed by atoms with Gasteiger partial charge in [0.2, 0.25) is 0 Å². The minimum atomic E-state index is -0.291. The van der Waals surface area contributed by atoms with Crippen LogP contribution in [0.25, 0.3) is 0 Å². The molecule has 0 spiro atoms. The van der Waals surface area contributed by atoms with Gasteiger partial charge in [0.25, 0.3) is 5.69 Å². The van der Waals surface area contributed by atoms with Gasteiger partial charge >= 0.3 is 0 Å². The van der Waals surface area contributed by atoms with Crippen LogP contribution in [0.4, 0.5) is 11.4 Å². The highest BCUT2D eigenvalue weighted by molar-refractivity contribution is 5.59. The molecular weight excluding hydrogens is 252 g/mol. The molecule has 0 unspecified atom stereocenters. The first-order valence-electron chi connectivity index (χ1n) is 7.76. The Hall–Kier alpha value is -1.58. The van der Waals surface area contributed by atoms with E-state index >= 15 is 0 Å². The second kappa shape index (κ2) is 5.81. The molecule has 1 aromatic rings. The molecule has 1 aromatic carbocycles. The van der Waals surface area contributed by atoms with Crippen molar-refractivity contribution in [3.63, 3.8) is 0 Å². The monoisotopic (exact) mass is 274 g/mol. The molecular formula is C16H22N2O2. The number of hydrogen-bond donors (Lipinski definition) is 0. The average Bonchev–Trinajstić information content (AvgIpc) is 2.48. The third-order valence-corrected chi connectivity index (χ3v) is 4.69. The Labute approximate surface area is 119 Å². The highest BCUT2D eigenvalue weighted by atomic mass is 16.6. The van der Waals surface area contributed by atoms with E-state index in [1.54, 1.807) is 12.1 Å². The van der Waals surface area contributed by atoms with E-state index in [1.165, 1.54) is 37.8 Å². The van der Waals surface area contributed by atoms with Crippen molar-refractivity contribution in [1.82, 2.24) is 0 Å². The van der Waals surface area contributed by atoms with Gasteiger partial charge in [0, 0.05) is 30.9 Å². The van der Waals surface area contributed by atoms with Gasteiger partial charge in [-0.1, -0.05) is 19.3 Å². The first-order chi connectivity index (χ1) is 9.74. The summed E-state index contributed by atoms with van der Waals surface area (Å²) in [5, 5.41) is 10.9. The Morgan fingerprint density at radius 3 is 2.75 bits per heavy atom. The molecule has 3 rings (SSSR count). The summed E-state index contributed by atoms with van der Waals surface area (Å²) in [5.41, 5.74) is 2.61. The Kier molecular flexibility index (Phi) is 3.90. The maximum absolute atomic E-state index is 10.9. The maximum Gasteiger partial charge on any atom is 0.269 e. The highest BCUT2D eigenvalue weighted by Gasteiger charge is 2.23. The number of fused-ring (bicyclic) bond motifs is 1. The third kappa shape index (κ3) is 2.79. The number of hydrogen-bond acceptors (Lipinski definition) is 3. The van der Waals surface area contributed by atoms with Crippen molar-refractivity contribution in [2.45, 2.75) is 44.9 Å². The lowest BCUT2D eigenvalue weighted by Gasteiger charge is -2.35. The molecule has 4 heteroatoms. The summed E-state index contributed by atoms with van der Waals surface area (Å²) in [5.74, 6) is 0.810. The van der Waals surface area contributed by atoms with Gasteiger partial charge in [-0.2, -0.15) is 0 Å². The van der Waals surface area contributed by atoms with Crippen molar-refractivity contribution >= 4 is 11.4 Å². The molecule has 1 fully saturated rings. The van der Waals surface area contributed by atoms with Crippen molar-refractivity contribution in [3.8, 4) is 0 Å². The van der Waals surface area contributed by atoms with Crippen LogP contribution in [0.3, 0.4) is 0 Å². The van der Waals surface area contributed by atoms with Crippen LogP contribution in [0, 0.1) is 16.0 Å². The number of aryl methyl sites for hydroxylation is 1. The van der Waals surface area contributed by atoms with Gasteiger partial charge in [-0.15, -0.1) is 0 Å². The fourth-order valence-electron chi connectivity index (χ4n) is 3.65. The lowest BCUT2D eigenvalue weighted by atomic mass is 9.88. The maximum atomic E-state index is 10.9. The molecule has 20 heavy (non-hydrogen) atoms. The van der Waals surface area contributed by atoms with Crippen LogP contribution in [0.15, 0.2) is 18.2 Å². The van der Waals surface area contributed by atoms with E-state index in [1.807, 2.05) is 6.07 Å². The zero-order chi connectivity index (χ0) is 13.9. The summed E-state index contributed by atoms with van der Waals surface area (Å²) in [6.07, 6.45) is 8.90. The first-order valence-corrected chi connectivity index (χ1v) is 7.76. The highest BCUT2D eigenvalue weighted by Crippen LogP contribution is 2.33. The van der Waals surface area contributed by atoms with Crippen LogP contribution in [0.1, 0.15) is 44.1 Å². The Morgan fingerprint density at radius 1 is 1.20 bits per heavy atom. The summed E-state index contributed by atoms with van der Waals surface area (Å²) in [4.78, 5) is 13.0. The fraction of sp³-hybridized carbons (Fsp3) is 0.625. The van der Waals surface area contributed by atoms with Crippen LogP contribution < -0.4 is 4.90 Å². The second-order valence-corrected chi connectivity index (χ2v) is 6.12. The Morgan fingerprint density at radius 2 is 2.00 bits per heavy atom. The number of anilines is 1. The van der Waals surface area contributed by atoms with Crippen LogP contribution in [0.5, 0.6) is 0 Å². The van der Waals surface area contributed by atoms with Gasteiger partial charge in [0.1, 0.15) is 0 Å². The van der Waals surface area contributed by atoms with Crippen LogP contribution in [0.2, 0.25) is 0 Å². The van der Waals surface area contributed by atoms with E-state index in [4.69, 9.17) is 0 Å². The van der Waals surface area contributed by atoms with Crippen molar-refractivity contribution in [1.29, 1.82) is 0 Å². The predicted octanol–water partition coefficient (Wildman–Crippen LogP) is 3.93. The van der Waals surface area contributed by atoms with Gasteiger partial charge in [-0.3, -0.25) is 10.1 Å². The predicted molar refractivity (Wildman–Crippen MR) is 80.2 cm³/mol. The zero-order valence-corrected chi connectivity index (χ0v) is 11.9. The molecule has 0 bridgehead atoms. The van der Waals surface area contributed by atoms with E-state index in [9.17, 15) is 10.1 Å². The molecule has 4 nitrogen and oxygen atoms in total. The molecule has 0 radical (unpaired) electrons. The Bertz CT molecular complexity index is 495. The van der Waals surface area contributed by atoms with E-state index in [0.717, 1.165) is 37.4 Å². The summed E-state index contributed by atoms with van der Waals surface area (Å²) in [7, 11) is 0. The number of non-ortho nitro benzene ring substituents is 1. The molecule has 0 atom stereocenters. The lowest BCUT2D eigenvalue weighted by molar-refractivity contribution is -0.384. The van der Waals surface area contributed by atoms with Gasteiger partial charge < -0.3 is 4.90 Å². The van der Waals surface area contributed by atoms with Gasteiger partial charge in [-0.25, -0.2) is 0 Å². The number of benzene rings is 1. The van der Waals surface area contributed by atoms with E-state index in [0.29, 0.717) is 0 Å². The number of nitro groups is 1. The molecule has 0 saturated heterocycles. The minimum Gasteiger partial charge on any atom is -0.371 e. The lowest BCUT2D eigenvalue weighted by Crippen LogP contribution is -2.34. The average molecular weight is 274 g/mol. The van der Waals surface area contributed by atoms with Crippen LogP contribution in [-0.2, 0) is 6.42 Å². The normalized spacial score (nSPS) is 19.7. The molecule has 0 aromatic heterocycles. The zero-order valence-electron chi connectivity index (χ0n) is 11.9. The van der Waals surface area contributed by atoms with Crippen LogP contribution in [-0.4, -0.2) is 18.0 Å². The summed E-state index contributed by atoms with van der Waals surface area (Å²) < 4.78 is 0. The third-order valence-electron chi connectivity index (χ3n) is 4.69. The Balaban J connectivity index is 1.77. The van der Waals surface area contributed by atoms with E-state index < -0.39 is 0 Å². The summed E-state index contributed by atoms with van der Waals surface area (Å²) in [6, 6.07) is 5.37. The van der Waals surface area contributed by atoms with Gasteiger partial charge in [0.15, 0.2) is 0 Å². The fourth-order valence-corrected chi connectivity index (χ4v) is 3.65. The van der Waals surface area contributed by atoms with Gasteiger partial charge in [0.05, 0.1) is 4.92 Å². The number of rotatable bonds is 3. The molecule has 2 aliphatic rings. The molecule has 1 aliphatic carbocycles. The molecule has 1 heterocycles. The minimum absolute atomic E-state index is 0.225. The first kappa shape index (κ1) is 13.4. The largest absolute Gasteiger partial charge is 0.371 e. The summed E-state index contributed by atoms with van der Waals surface area (Å²) >= 11 is 0.